The summed E-state index contributed by atoms with van der Waals surface area (Å²) in [6, 6.07) is 10.8. The van der Waals surface area contributed by atoms with Gasteiger partial charge < -0.3 is 10.6 Å². The van der Waals surface area contributed by atoms with Gasteiger partial charge in [-0.25, -0.2) is 9.97 Å². The number of aromatic nitrogens is 3. The van der Waals surface area contributed by atoms with Crippen LogP contribution in [0.25, 0.3) is 17.0 Å². The number of fused-ring (bicyclic) bond motifs is 1. The summed E-state index contributed by atoms with van der Waals surface area (Å²) in [6.07, 6.45) is 6.23. The van der Waals surface area contributed by atoms with Crippen molar-refractivity contribution < 1.29 is 0 Å². The van der Waals surface area contributed by atoms with Crippen molar-refractivity contribution >= 4 is 11.5 Å². The van der Waals surface area contributed by atoms with Gasteiger partial charge in [0.25, 0.3) is 0 Å². The molecule has 3 aromatic rings. The summed E-state index contributed by atoms with van der Waals surface area (Å²) in [4.78, 5) is 9.29. The van der Waals surface area contributed by atoms with Gasteiger partial charge in [0.15, 0.2) is 0 Å². The molecule has 2 N–H and O–H groups in total. The summed E-state index contributed by atoms with van der Waals surface area (Å²) in [5.74, 6) is 0.941. The topological polar surface area (TPSA) is 54.2 Å². The summed E-state index contributed by atoms with van der Waals surface area (Å²) >= 11 is 0. The molecule has 1 saturated heterocycles. The fourth-order valence-electron chi connectivity index (χ4n) is 3.11. The monoisotopic (exact) mass is 307 g/mol. The molecule has 0 atom stereocenters. The summed E-state index contributed by atoms with van der Waals surface area (Å²) in [6.45, 7) is 4.23. The average Bonchev–Trinajstić information content (AvgIpc) is 2.99. The molecule has 5 nitrogen and oxygen atoms in total. The lowest BCUT2D eigenvalue weighted by molar-refractivity contribution is 0.478. The number of aryl methyl sites for hydroxylation is 1. The summed E-state index contributed by atoms with van der Waals surface area (Å²) in [5, 5.41) is 6.95. The van der Waals surface area contributed by atoms with Crippen molar-refractivity contribution in [3.05, 3.63) is 48.3 Å². The van der Waals surface area contributed by atoms with Crippen molar-refractivity contribution in [3.8, 4) is 11.4 Å². The van der Waals surface area contributed by atoms with Gasteiger partial charge in [0.1, 0.15) is 11.5 Å². The van der Waals surface area contributed by atoms with Gasteiger partial charge in [-0.3, -0.25) is 4.40 Å². The number of piperidine rings is 1. The van der Waals surface area contributed by atoms with Crippen molar-refractivity contribution in [1.29, 1.82) is 0 Å². The second-order valence-corrected chi connectivity index (χ2v) is 6.15. The van der Waals surface area contributed by atoms with Gasteiger partial charge >= 0.3 is 0 Å². The summed E-state index contributed by atoms with van der Waals surface area (Å²) in [5.41, 5.74) is 4.14. The lowest BCUT2D eigenvalue weighted by Crippen LogP contribution is -2.35. The van der Waals surface area contributed by atoms with E-state index in [0.29, 0.717) is 6.04 Å². The van der Waals surface area contributed by atoms with Crippen molar-refractivity contribution in [2.45, 2.75) is 25.8 Å². The first-order chi connectivity index (χ1) is 11.3. The molecule has 3 aromatic heterocycles. The van der Waals surface area contributed by atoms with Crippen LogP contribution in [-0.2, 0) is 0 Å². The van der Waals surface area contributed by atoms with Gasteiger partial charge in [-0.15, -0.1) is 0 Å². The van der Waals surface area contributed by atoms with Gasteiger partial charge in [-0.05, 0) is 62.7 Å². The second kappa shape index (κ2) is 6.01. The molecule has 0 unspecified atom stereocenters. The first-order valence-electron chi connectivity index (χ1n) is 8.18. The smallest absolute Gasteiger partial charge is 0.137 e. The third-order valence-electron chi connectivity index (χ3n) is 4.37. The molecule has 0 spiro atoms. The van der Waals surface area contributed by atoms with E-state index in [1.165, 1.54) is 5.56 Å². The Labute approximate surface area is 135 Å². The predicted octanol–water partition coefficient (Wildman–Crippen LogP) is 2.87. The van der Waals surface area contributed by atoms with Crippen molar-refractivity contribution in [2.75, 3.05) is 18.4 Å². The van der Waals surface area contributed by atoms with Crippen LogP contribution in [-0.4, -0.2) is 33.5 Å². The molecule has 0 aliphatic carbocycles. The van der Waals surface area contributed by atoms with Crippen LogP contribution in [0, 0.1) is 6.92 Å². The van der Waals surface area contributed by atoms with Crippen LogP contribution in [0.3, 0.4) is 0 Å². The lowest BCUT2D eigenvalue weighted by Gasteiger charge is -2.24. The summed E-state index contributed by atoms with van der Waals surface area (Å²) in [7, 11) is 0. The van der Waals surface area contributed by atoms with Crippen LogP contribution < -0.4 is 10.6 Å². The Hall–Kier alpha value is -2.40. The van der Waals surface area contributed by atoms with E-state index < -0.39 is 0 Å². The largest absolute Gasteiger partial charge is 0.367 e. The molecular weight excluding hydrogens is 286 g/mol. The minimum absolute atomic E-state index is 0.504. The number of imidazole rings is 1. The van der Waals surface area contributed by atoms with E-state index in [9.17, 15) is 0 Å². The molecule has 5 heteroatoms. The van der Waals surface area contributed by atoms with Crippen molar-refractivity contribution in [1.82, 2.24) is 19.7 Å². The van der Waals surface area contributed by atoms with Gasteiger partial charge in [-0.1, -0.05) is 6.07 Å². The molecule has 118 valence electrons. The third kappa shape index (κ3) is 2.92. The van der Waals surface area contributed by atoms with E-state index >= 15 is 0 Å². The van der Waals surface area contributed by atoms with Crippen molar-refractivity contribution in [3.63, 3.8) is 0 Å². The zero-order valence-corrected chi connectivity index (χ0v) is 13.3. The normalized spacial score (nSPS) is 15.9. The maximum absolute atomic E-state index is 4.79. The van der Waals surface area contributed by atoms with E-state index in [0.717, 1.165) is 48.8 Å². The molecule has 0 aromatic carbocycles. The SMILES string of the molecule is Cc1ccn2c(-c3cccc(NC4CCNCC4)n3)cnc2c1. The van der Waals surface area contributed by atoms with Crippen molar-refractivity contribution in [2.24, 2.45) is 0 Å². The Morgan fingerprint density at radius 2 is 2.09 bits per heavy atom. The molecule has 1 aliphatic heterocycles. The average molecular weight is 307 g/mol. The number of rotatable bonds is 3. The minimum atomic E-state index is 0.504. The maximum atomic E-state index is 4.79. The lowest BCUT2D eigenvalue weighted by atomic mass is 10.1. The first-order valence-corrected chi connectivity index (χ1v) is 8.18. The second-order valence-electron chi connectivity index (χ2n) is 6.15. The molecule has 4 rings (SSSR count). The van der Waals surface area contributed by atoms with E-state index in [4.69, 9.17) is 4.98 Å². The summed E-state index contributed by atoms with van der Waals surface area (Å²) < 4.78 is 2.09. The Kier molecular flexibility index (Phi) is 3.71. The van der Waals surface area contributed by atoms with Crippen LogP contribution >= 0.6 is 0 Å². The fraction of sp³-hybridized carbons (Fsp3) is 0.333. The molecule has 0 bridgehead atoms. The van der Waals surface area contributed by atoms with E-state index in [-0.39, 0.29) is 0 Å². The molecule has 1 fully saturated rings. The number of nitrogens with zero attached hydrogens (tertiary/aromatic N) is 3. The molecule has 0 amide bonds. The molecule has 4 heterocycles. The van der Waals surface area contributed by atoms with Crippen LogP contribution in [0.4, 0.5) is 5.82 Å². The highest BCUT2D eigenvalue weighted by atomic mass is 15.1. The molecule has 1 aliphatic rings. The van der Waals surface area contributed by atoms with E-state index in [1.54, 1.807) is 0 Å². The van der Waals surface area contributed by atoms with E-state index in [2.05, 4.69) is 51.3 Å². The predicted molar refractivity (Wildman–Crippen MR) is 92.7 cm³/mol. The zero-order valence-electron chi connectivity index (χ0n) is 13.3. The quantitative estimate of drug-likeness (QED) is 0.781. The van der Waals surface area contributed by atoms with Gasteiger partial charge in [0, 0.05) is 12.2 Å². The number of anilines is 1. The standard InChI is InChI=1S/C18H21N5/c1-13-7-10-23-16(12-20-18(23)11-13)15-3-2-4-17(22-15)21-14-5-8-19-9-6-14/h2-4,7,10-12,14,19H,5-6,8-9H2,1H3,(H,21,22). The van der Waals surface area contributed by atoms with Gasteiger partial charge in [0.2, 0.25) is 0 Å². The van der Waals surface area contributed by atoms with Crippen LogP contribution in [0.5, 0.6) is 0 Å². The molecule has 23 heavy (non-hydrogen) atoms. The van der Waals surface area contributed by atoms with Gasteiger partial charge in [-0.2, -0.15) is 0 Å². The Balaban J connectivity index is 1.64. The molecular formula is C18H21N5. The Bertz CT molecular complexity index is 817. The number of hydrogen-bond acceptors (Lipinski definition) is 4. The minimum Gasteiger partial charge on any atom is -0.367 e. The highest BCUT2D eigenvalue weighted by Gasteiger charge is 2.14. The van der Waals surface area contributed by atoms with Crippen LogP contribution in [0.1, 0.15) is 18.4 Å². The Morgan fingerprint density at radius 3 is 2.96 bits per heavy atom. The van der Waals surface area contributed by atoms with Gasteiger partial charge in [0.05, 0.1) is 17.6 Å². The first kappa shape index (κ1) is 14.2. The van der Waals surface area contributed by atoms with Crippen LogP contribution in [0.2, 0.25) is 0 Å². The molecule has 0 saturated carbocycles. The Morgan fingerprint density at radius 1 is 1.22 bits per heavy atom. The third-order valence-corrected chi connectivity index (χ3v) is 4.37. The number of hydrogen-bond donors (Lipinski definition) is 2. The highest BCUT2D eigenvalue weighted by Crippen LogP contribution is 2.21. The number of nitrogens with one attached hydrogen (secondary N) is 2. The van der Waals surface area contributed by atoms with E-state index in [1.807, 2.05) is 18.3 Å². The zero-order chi connectivity index (χ0) is 15.6. The highest BCUT2D eigenvalue weighted by molar-refractivity contribution is 5.62. The maximum Gasteiger partial charge on any atom is 0.137 e. The molecule has 0 radical (unpaired) electrons. The van der Waals surface area contributed by atoms with Crippen LogP contribution in [0.15, 0.2) is 42.7 Å². The number of pyridine rings is 2. The fourth-order valence-corrected chi connectivity index (χ4v) is 3.11.